The molecule has 1 atom stereocenters. The second-order valence-electron chi connectivity index (χ2n) is 4.63. The van der Waals surface area contributed by atoms with Crippen molar-refractivity contribution in [2.24, 2.45) is 0 Å². The first-order valence-corrected chi connectivity index (χ1v) is 7.20. The molecule has 2 aromatic rings. The van der Waals surface area contributed by atoms with Crippen LogP contribution in [0, 0.1) is 13.8 Å². The van der Waals surface area contributed by atoms with E-state index in [4.69, 9.17) is 4.74 Å². The smallest absolute Gasteiger partial charge is 0.0901 e. The Morgan fingerprint density at radius 2 is 2.05 bits per heavy atom. The average Bonchev–Trinajstić information content (AvgIpc) is 2.71. The van der Waals surface area contributed by atoms with Gasteiger partial charge in [0, 0.05) is 23.2 Å². The Hall–Kier alpha value is -1.39. The minimum Gasteiger partial charge on any atom is -0.380 e. The minimum absolute atomic E-state index is 0.197. The van der Waals surface area contributed by atoms with Crippen molar-refractivity contribution in [1.29, 1.82) is 0 Å². The lowest BCUT2D eigenvalue weighted by atomic mass is 10.1. The predicted octanol–water partition coefficient (Wildman–Crippen LogP) is 4.08. The number of nitrogens with zero attached hydrogens (tertiary/aromatic N) is 1. The van der Waals surface area contributed by atoms with Crippen LogP contribution < -0.4 is 5.32 Å². The van der Waals surface area contributed by atoms with Gasteiger partial charge in [0.15, 0.2) is 0 Å². The summed E-state index contributed by atoms with van der Waals surface area (Å²) in [5.74, 6) is 0. The third-order valence-electron chi connectivity index (χ3n) is 3.04. The van der Waals surface area contributed by atoms with Gasteiger partial charge in [-0.15, -0.1) is 11.3 Å². The van der Waals surface area contributed by atoms with Crippen molar-refractivity contribution in [3.63, 3.8) is 0 Å². The average molecular weight is 276 g/mol. The summed E-state index contributed by atoms with van der Waals surface area (Å²) in [7, 11) is 1.72. The van der Waals surface area contributed by atoms with Crippen LogP contribution in [-0.4, -0.2) is 12.1 Å². The first-order valence-electron chi connectivity index (χ1n) is 6.39. The molecule has 1 aromatic heterocycles. The van der Waals surface area contributed by atoms with E-state index in [2.05, 4.69) is 36.3 Å². The van der Waals surface area contributed by atoms with Crippen LogP contribution in [0.25, 0.3) is 0 Å². The fraction of sp³-hybridized carbons (Fsp3) is 0.400. The van der Waals surface area contributed by atoms with E-state index >= 15 is 0 Å². The number of nitrogens with one attached hydrogen (secondary N) is 1. The van der Waals surface area contributed by atoms with Crippen molar-refractivity contribution in [1.82, 2.24) is 4.98 Å². The van der Waals surface area contributed by atoms with Crippen molar-refractivity contribution in [3.8, 4) is 0 Å². The van der Waals surface area contributed by atoms with Crippen LogP contribution in [0.1, 0.15) is 34.1 Å². The summed E-state index contributed by atoms with van der Waals surface area (Å²) >= 11 is 1.75. The highest BCUT2D eigenvalue weighted by Crippen LogP contribution is 2.27. The van der Waals surface area contributed by atoms with E-state index in [0.29, 0.717) is 6.61 Å². The van der Waals surface area contributed by atoms with Gasteiger partial charge in [0.05, 0.1) is 23.4 Å². The van der Waals surface area contributed by atoms with Crippen LogP contribution in [-0.2, 0) is 11.3 Å². The predicted molar refractivity (Wildman–Crippen MR) is 80.8 cm³/mol. The zero-order valence-electron chi connectivity index (χ0n) is 11.9. The number of hydrogen-bond donors (Lipinski definition) is 1. The van der Waals surface area contributed by atoms with Crippen LogP contribution in [0.3, 0.4) is 0 Å². The molecule has 0 amide bonds. The van der Waals surface area contributed by atoms with Crippen molar-refractivity contribution >= 4 is 17.0 Å². The Morgan fingerprint density at radius 3 is 2.68 bits per heavy atom. The molecule has 0 radical (unpaired) electrons. The largest absolute Gasteiger partial charge is 0.380 e. The Balaban J connectivity index is 2.19. The lowest BCUT2D eigenvalue weighted by Crippen LogP contribution is -2.10. The van der Waals surface area contributed by atoms with E-state index in [9.17, 15) is 0 Å². The highest BCUT2D eigenvalue weighted by molar-refractivity contribution is 7.11. The van der Waals surface area contributed by atoms with Crippen LogP contribution in [0.2, 0.25) is 0 Å². The minimum atomic E-state index is 0.197. The van der Waals surface area contributed by atoms with E-state index in [0.717, 1.165) is 16.4 Å². The van der Waals surface area contributed by atoms with Gasteiger partial charge < -0.3 is 10.1 Å². The number of ether oxygens (including phenoxy) is 1. The second-order valence-corrected chi connectivity index (χ2v) is 6.04. The molecule has 0 aliphatic carbocycles. The number of anilines is 1. The molecule has 102 valence electrons. The number of methoxy groups -OCH3 is 1. The molecule has 1 heterocycles. The summed E-state index contributed by atoms with van der Waals surface area (Å²) in [6.07, 6.45) is 0. The quantitative estimate of drug-likeness (QED) is 0.893. The summed E-state index contributed by atoms with van der Waals surface area (Å²) in [5, 5.41) is 4.65. The normalized spacial score (nSPS) is 12.4. The molecular weight excluding hydrogens is 256 g/mol. The monoisotopic (exact) mass is 276 g/mol. The standard InChI is InChI=1S/C15H20N2OS/c1-10(15-11(2)19-12(3)17-15)16-14-8-6-5-7-13(14)9-18-4/h5-8,10,16H,9H2,1-4H3. The maximum Gasteiger partial charge on any atom is 0.0901 e. The third-order valence-corrected chi connectivity index (χ3v) is 3.94. The SMILES string of the molecule is COCc1ccccc1NC(C)c1nc(C)sc1C. The topological polar surface area (TPSA) is 34.1 Å². The molecule has 0 spiro atoms. The summed E-state index contributed by atoms with van der Waals surface area (Å²) in [6.45, 7) is 6.93. The van der Waals surface area contributed by atoms with Gasteiger partial charge in [-0.1, -0.05) is 18.2 Å². The van der Waals surface area contributed by atoms with Gasteiger partial charge in [0.25, 0.3) is 0 Å². The molecule has 1 unspecified atom stereocenters. The highest BCUT2D eigenvalue weighted by atomic mass is 32.1. The lowest BCUT2D eigenvalue weighted by molar-refractivity contribution is 0.185. The van der Waals surface area contributed by atoms with Crippen LogP contribution in [0.15, 0.2) is 24.3 Å². The van der Waals surface area contributed by atoms with Crippen molar-refractivity contribution in [2.45, 2.75) is 33.4 Å². The first kappa shape index (κ1) is 14.0. The van der Waals surface area contributed by atoms with Crippen molar-refractivity contribution in [2.75, 3.05) is 12.4 Å². The molecule has 3 nitrogen and oxygen atoms in total. The first-order chi connectivity index (χ1) is 9.11. The fourth-order valence-electron chi connectivity index (χ4n) is 2.19. The Bertz CT molecular complexity index is 551. The molecule has 2 rings (SSSR count). The molecule has 0 fully saturated rings. The summed E-state index contributed by atoms with van der Waals surface area (Å²) in [5.41, 5.74) is 3.41. The van der Waals surface area contributed by atoms with Gasteiger partial charge in [-0.05, 0) is 26.8 Å². The number of rotatable bonds is 5. The van der Waals surface area contributed by atoms with E-state index in [1.165, 1.54) is 10.4 Å². The van der Waals surface area contributed by atoms with E-state index in [1.807, 2.05) is 19.1 Å². The highest BCUT2D eigenvalue weighted by Gasteiger charge is 2.14. The third kappa shape index (κ3) is 3.33. The lowest BCUT2D eigenvalue weighted by Gasteiger charge is -2.17. The van der Waals surface area contributed by atoms with Crippen molar-refractivity contribution in [3.05, 3.63) is 45.4 Å². The molecule has 0 aliphatic heterocycles. The molecule has 1 N–H and O–H groups in total. The van der Waals surface area contributed by atoms with Gasteiger partial charge in [-0.25, -0.2) is 4.98 Å². The maximum atomic E-state index is 5.23. The molecule has 0 saturated carbocycles. The Kier molecular flexibility index (Phi) is 4.56. The number of para-hydroxylation sites is 1. The molecule has 0 aliphatic rings. The molecule has 1 aromatic carbocycles. The zero-order chi connectivity index (χ0) is 13.8. The number of aryl methyl sites for hydroxylation is 2. The number of benzene rings is 1. The van der Waals surface area contributed by atoms with Crippen LogP contribution >= 0.6 is 11.3 Å². The second kappa shape index (κ2) is 6.17. The van der Waals surface area contributed by atoms with Crippen LogP contribution in [0.4, 0.5) is 5.69 Å². The van der Waals surface area contributed by atoms with E-state index in [-0.39, 0.29) is 6.04 Å². The summed E-state index contributed by atoms with van der Waals surface area (Å²) < 4.78 is 5.23. The van der Waals surface area contributed by atoms with Gasteiger partial charge in [0.1, 0.15) is 0 Å². The van der Waals surface area contributed by atoms with Gasteiger partial charge in [0.2, 0.25) is 0 Å². The molecule has 0 bridgehead atoms. The zero-order valence-corrected chi connectivity index (χ0v) is 12.7. The molecule has 19 heavy (non-hydrogen) atoms. The van der Waals surface area contributed by atoms with Crippen molar-refractivity contribution < 1.29 is 4.74 Å². The maximum absolute atomic E-state index is 5.23. The number of thiazole rings is 1. The van der Waals surface area contributed by atoms with E-state index in [1.54, 1.807) is 18.4 Å². The van der Waals surface area contributed by atoms with E-state index < -0.39 is 0 Å². The summed E-state index contributed by atoms with van der Waals surface area (Å²) in [6, 6.07) is 8.43. The number of aromatic nitrogens is 1. The fourth-order valence-corrected chi connectivity index (χ4v) is 3.10. The summed E-state index contributed by atoms with van der Waals surface area (Å²) in [4.78, 5) is 5.89. The van der Waals surface area contributed by atoms with Gasteiger partial charge in [-0.2, -0.15) is 0 Å². The molecule has 0 saturated heterocycles. The number of hydrogen-bond acceptors (Lipinski definition) is 4. The van der Waals surface area contributed by atoms with Crippen LogP contribution in [0.5, 0.6) is 0 Å². The Morgan fingerprint density at radius 1 is 1.32 bits per heavy atom. The Labute approximate surface area is 118 Å². The van der Waals surface area contributed by atoms with Gasteiger partial charge >= 0.3 is 0 Å². The molecular formula is C15H20N2OS. The molecule has 4 heteroatoms. The van der Waals surface area contributed by atoms with Gasteiger partial charge in [-0.3, -0.25) is 0 Å².